The standard InChI is InChI=1S/C37H35N3O5/c1-26(2)35(41)43-25-44-36(42)33-34(45-32-23-22-27-14-12-13-15-28(27)24-32)38-39-40(33)37(29-16-6-3-7-17-29,30-18-8-4-9-19-30)31-20-10-5-11-21-31/h3-11,16-24,26H,12-15,25H2,1-2H3. The van der Waals surface area contributed by atoms with E-state index in [1.807, 2.05) is 103 Å². The molecule has 8 heteroatoms. The van der Waals surface area contributed by atoms with Crippen molar-refractivity contribution < 1.29 is 23.8 Å². The van der Waals surface area contributed by atoms with E-state index in [1.54, 1.807) is 18.5 Å². The fraction of sp³-hybridized carbons (Fsp3) is 0.243. The van der Waals surface area contributed by atoms with Crippen LogP contribution in [0.5, 0.6) is 11.6 Å². The van der Waals surface area contributed by atoms with E-state index in [0.717, 1.165) is 36.0 Å². The van der Waals surface area contributed by atoms with Crippen molar-refractivity contribution in [1.29, 1.82) is 0 Å². The second kappa shape index (κ2) is 13.2. The van der Waals surface area contributed by atoms with Crippen LogP contribution >= 0.6 is 0 Å². The first-order valence-electron chi connectivity index (χ1n) is 15.2. The van der Waals surface area contributed by atoms with Crippen LogP contribution in [0.2, 0.25) is 0 Å². The number of esters is 2. The van der Waals surface area contributed by atoms with E-state index in [2.05, 4.69) is 16.4 Å². The van der Waals surface area contributed by atoms with E-state index in [1.165, 1.54) is 17.5 Å². The third-order valence-electron chi connectivity index (χ3n) is 8.12. The molecule has 1 aromatic heterocycles. The van der Waals surface area contributed by atoms with Crippen molar-refractivity contribution >= 4 is 11.9 Å². The fourth-order valence-corrected chi connectivity index (χ4v) is 5.91. The molecule has 0 N–H and O–H groups in total. The molecular formula is C37H35N3O5. The molecule has 6 rings (SSSR count). The van der Waals surface area contributed by atoms with E-state index >= 15 is 0 Å². The molecule has 0 fully saturated rings. The number of ether oxygens (including phenoxy) is 3. The van der Waals surface area contributed by atoms with Gasteiger partial charge in [0.1, 0.15) is 11.3 Å². The zero-order valence-electron chi connectivity index (χ0n) is 25.4. The van der Waals surface area contributed by atoms with Crippen LogP contribution in [0.1, 0.15) is 65.0 Å². The Balaban J connectivity index is 1.54. The average Bonchev–Trinajstić information content (AvgIpc) is 3.50. The number of hydrogen-bond donors (Lipinski definition) is 0. The highest BCUT2D eigenvalue weighted by Crippen LogP contribution is 2.43. The lowest BCUT2D eigenvalue weighted by Gasteiger charge is -2.36. The predicted molar refractivity (Wildman–Crippen MR) is 169 cm³/mol. The highest BCUT2D eigenvalue weighted by molar-refractivity contribution is 5.90. The Bertz CT molecular complexity index is 1670. The van der Waals surface area contributed by atoms with Crippen LogP contribution in [0.4, 0.5) is 0 Å². The first-order chi connectivity index (χ1) is 22.0. The van der Waals surface area contributed by atoms with Crippen LogP contribution in [0.25, 0.3) is 0 Å². The van der Waals surface area contributed by atoms with Gasteiger partial charge in [-0.15, -0.1) is 0 Å². The molecule has 0 bridgehead atoms. The first kappa shape index (κ1) is 29.8. The number of carbonyl (C=O) groups is 2. The number of fused-ring (bicyclic) bond motifs is 1. The van der Waals surface area contributed by atoms with Gasteiger partial charge in [-0.25, -0.2) is 9.48 Å². The lowest BCUT2D eigenvalue weighted by Crippen LogP contribution is -2.40. The highest BCUT2D eigenvalue weighted by Gasteiger charge is 2.44. The van der Waals surface area contributed by atoms with Crippen LogP contribution in [-0.2, 0) is 32.6 Å². The Labute approximate surface area is 262 Å². The van der Waals surface area contributed by atoms with Gasteiger partial charge in [-0.2, -0.15) is 0 Å². The maximum absolute atomic E-state index is 14.1. The molecule has 1 aliphatic carbocycles. The number of rotatable bonds is 10. The maximum Gasteiger partial charge on any atom is 0.365 e. The van der Waals surface area contributed by atoms with Crippen LogP contribution < -0.4 is 4.74 Å². The van der Waals surface area contributed by atoms with Crippen LogP contribution in [-0.4, -0.2) is 33.7 Å². The molecule has 1 heterocycles. The highest BCUT2D eigenvalue weighted by atomic mass is 16.7. The van der Waals surface area contributed by atoms with Crippen LogP contribution in [0.3, 0.4) is 0 Å². The van der Waals surface area contributed by atoms with Gasteiger partial charge >= 0.3 is 11.9 Å². The Morgan fingerprint density at radius 3 is 1.87 bits per heavy atom. The first-order valence-corrected chi connectivity index (χ1v) is 15.2. The third kappa shape index (κ3) is 5.96. The largest absolute Gasteiger partial charge is 0.436 e. The Morgan fingerprint density at radius 1 is 0.756 bits per heavy atom. The summed E-state index contributed by atoms with van der Waals surface area (Å²) in [5, 5.41) is 9.07. The average molecular weight is 602 g/mol. The normalized spacial score (nSPS) is 12.8. The van der Waals surface area contributed by atoms with Crippen molar-refractivity contribution in [2.24, 2.45) is 5.92 Å². The van der Waals surface area contributed by atoms with Gasteiger partial charge in [0.25, 0.3) is 5.88 Å². The van der Waals surface area contributed by atoms with Crippen molar-refractivity contribution in [3.63, 3.8) is 0 Å². The summed E-state index contributed by atoms with van der Waals surface area (Å²) in [5.41, 5.74) is 3.87. The van der Waals surface area contributed by atoms with E-state index in [9.17, 15) is 9.59 Å². The second-order valence-electron chi connectivity index (χ2n) is 11.4. The summed E-state index contributed by atoms with van der Waals surface area (Å²) >= 11 is 0. The molecule has 0 saturated carbocycles. The molecule has 0 unspecified atom stereocenters. The predicted octanol–water partition coefficient (Wildman–Crippen LogP) is 7.10. The molecule has 0 saturated heterocycles. The smallest absolute Gasteiger partial charge is 0.365 e. The van der Waals surface area contributed by atoms with Gasteiger partial charge in [0.05, 0.1) is 5.92 Å². The quantitative estimate of drug-likeness (QED) is 0.0958. The van der Waals surface area contributed by atoms with Gasteiger partial charge in [0, 0.05) is 0 Å². The number of aromatic nitrogens is 3. The van der Waals surface area contributed by atoms with Crippen molar-refractivity contribution in [2.75, 3.05) is 6.79 Å². The van der Waals surface area contributed by atoms with Gasteiger partial charge in [0.15, 0.2) is 0 Å². The lowest BCUT2D eigenvalue weighted by atomic mass is 9.77. The van der Waals surface area contributed by atoms with Gasteiger partial charge in [-0.1, -0.05) is 121 Å². The van der Waals surface area contributed by atoms with Crippen molar-refractivity contribution in [3.05, 3.63) is 143 Å². The zero-order valence-corrected chi connectivity index (χ0v) is 25.4. The van der Waals surface area contributed by atoms with Gasteiger partial charge < -0.3 is 14.2 Å². The zero-order chi connectivity index (χ0) is 31.2. The molecule has 0 radical (unpaired) electrons. The molecule has 4 aromatic carbocycles. The summed E-state index contributed by atoms with van der Waals surface area (Å²) in [4.78, 5) is 26.2. The van der Waals surface area contributed by atoms with Crippen LogP contribution in [0.15, 0.2) is 109 Å². The number of carbonyl (C=O) groups excluding carboxylic acids is 2. The molecule has 228 valence electrons. The summed E-state index contributed by atoms with van der Waals surface area (Å²) in [6.45, 7) is 2.86. The van der Waals surface area contributed by atoms with E-state index in [0.29, 0.717) is 5.75 Å². The minimum atomic E-state index is -1.16. The molecule has 45 heavy (non-hydrogen) atoms. The number of benzene rings is 4. The molecule has 1 aliphatic rings. The number of aryl methyl sites for hydroxylation is 2. The van der Waals surface area contributed by atoms with Crippen LogP contribution in [0, 0.1) is 5.92 Å². The Morgan fingerprint density at radius 2 is 1.31 bits per heavy atom. The summed E-state index contributed by atoms with van der Waals surface area (Å²) in [5.74, 6) is -1.12. The summed E-state index contributed by atoms with van der Waals surface area (Å²) in [6.07, 6.45) is 4.28. The van der Waals surface area contributed by atoms with E-state index in [4.69, 9.17) is 14.2 Å². The van der Waals surface area contributed by atoms with Crippen molar-refractivity contribution in [2.45, 2.75) is 45.1 Å². The van der Waals surface area contributed by atoms with Gasteiger partial charge in [-0.05, 0) is 65.6 Å². The summed E-state index contributed by atoms with van der Waals surface area (Å²) in [7, 11) is 0. The lowest BCUT2D eigenvalue weighted by molar-refractivity contribution is -0.155. The number of hydrogen-bond acceptors (Lipinski definition) is 7. The molecule has 0 atom stereocenters. The Hall–Kier alpha value is -5.24. The van der Waals surface area contributed by atoms with Gasteiger partial charge in [0.2, 0.25) is 12.5 Å². The minimum Gasteiger partial charge on any atom is -0.436 e. The SMILES string of the molecule is CC(C)C(=O)OCOC(=O)c1c(Oc2ccc3c(c2)CCCC3)nnn1C(c1ccccc1)(c1ccccc1)c1ccccc1. The maximum atomic E-state index is 14.1. The fourth-order valence-electron chi connectivity index (χ4n) is 5.91. The second-order valence-corrected chi connectivity index (χ2v) is 11.4. The molecule has 5 aromatic rings. The molecule has 0 spiro atoms. The molecule has 0 aliphatic heterocycles. The van der Waals surface area contributed by atoms with E-state index < -0.39 is 24.3 Å². The van der Waals surface area contributed by atoms with E-state index in [-0.39, 0.29) is 17.5 Å². The molecule has 0 amide bonds. The summed E-state index contributed by atoms with van der Waals surface area (Å²) in [6, 6.07) is 35.4. The Kier molecular flexibility index (Phi) is 8.73. The minimum absolute atomic E-state index is 0.0156. The van der Waals surface area contributed by atoms with Gasteiger partial charge in [-0.3, -0.25) is 4.79 Å². The topological polar surface area (TPSA) is 92.5 Å². The van der Waals surface area contributed by atoms with Crippen molar-refractivity contribution in [3.8, 4) is 11.6 Å². The molecular weight excluding hydrogens is 566 g/mol. The molecule has 8 nitrogen and oxygen atoms in total. The third-order valence-corrected chi connectivity index (χ3v) is 8.12. The summed E-state index contributed by atoms with van der Waals surface area (Å²) < 4.78 is 18.7. The van der Waals surface area contributed by atoms with Crippen molar-refractivity contribution in [1.82, 2.24) is 15.0 Å². The monoisotopic (exact) mass is 601 g/mol. The number of nitrogens with zero attached hydrogens (tertiary/aromatic N) is 3.